The number of hydrogen-bond donors (Lipinski definition) is 1. The van der Waals surface area contributed by atoms with Crippen molar-refractivity contribution in [3.8, 4) is 11.1 Å². The molecule has 1 amide bonds. The highest BCUT2D eigenvalue weighted by Crippen LogP contribution is 2.39. The monoisotopic (exact) mass is 349 g/mol. The van der Waals surface area contributed by atoms with E-state index in [2.05, 4.69) is 4.98 Å². The van der Waals surface area contributed by atoms with Gasteiger partial charge in [-0.15, -0.1) is 0 Å². The molecule has 1 aliphatic rings. The van der Waals surface area contributed by atoms with Gasteiger partial charge in [0.2, 0.25) is 0 Å². The van der Waals surface area contributed by atoms with Crippen molar-refractivity contribution < 1.29 is 4.79 Å². The van der Waals surface area contributed by atoms with Gasteiger partial charge in [-0.1, -0.05) is 29.3 Å². The Hall–Kier alpha value is -1.62. The number of aryl methyl sites for hydroxylation is 1. The van der Waals surface area contributed by atoms with Crippen LogP contribution in [0.3, 0.4) is 0 Å². The van der Waals surface area contributed by atoms with Gasteiger partial charge in [-0.25, -0.2) is 0 Å². The van der Waals surface area contributed by atoms with Gasteiger partial charge in [0.1, 0.15) is 0 Å². The maximum atomic E-state index is 12.8. The van der Waals surface area contributed by atoms with E-state index in [0.29, 0.717) is 35.2 Å². The Bertz CT molecular complexity index is 805. The largest absolute Gasteiger partial charge is 0.333 e. The normalized spacial score (nSPS) is 13.6. The second kappa shape index (κ2) is 6.11. The quantitative estimate of drug-likeness (QED) is 0.916. The summed E-state index contributed by atoms with van der Waals surface area (Å²) in [5.41, 5.74) is 10.6. The van der Waals surface area contributed by atoms with E-state index in [1.165, 1.54) is 0 Å². The van der Waals surface area contributed by atoms with Gasteiger partial charge in [0.25, 0.3) is 5.91 Å². The van der Waals surface area contributed by atoms with Crippen LogP contribution < -0.4 is 5.73 Å². The van der Waals surface area contributed by atoms with Crippen LogP contribution in [0.5, 0.6) is 0 Å². The van der Waals surface area contributed by atoms with Crippen LogP contribution in [0.15, 0.2) is 18.2 Å². The van der Waals surface area contributed by atoms with Gasteiger partial charge < -0.3 is 10.6 Å². The number of rotatable bonds is 3. The van der Waals surface area contributed by atoms with Crippen LogP contribution in [0.2, 0.25) is 10.0 Å². The van der Waals surface area contributed by atoms with Gasteiger partial charge in [-0.3, -0.25) is 9.78 Å². The highest BCUT2D eigenvalue weighted by Gasteiger charge is 2.33. The van der Waals surface area contributed by atoms with Gasteiger partial charge in [0, 0.05) is 40.0 Å². The number of carbonyl (C=O) groups excluding carboxylic acids is 1. The molecule has 0 unspecified atom stereocenters. The molecule has 23 heavy (non-hydrogen) atoms. The van der Waals surface area contributed by atoms with E-state index in [-0.39, 0.29) is 5.91 Å². The number of carbonyl (C=O) groups is 1. The lowest BCUT2D eigenvalue weighted by Crippen LogP contribution is -2.23. The van der Waals surface area contributed by atoms with E-state index in [1.54, 1.807) is 17.0 Å². The number of amides is 1. The van der Waals surface area contributed by atoms with E-state index in [4.69, 9.17) is 28.9 Å². The number of nitrogens with two attached hydrogens (primary N) is 1. The van der Waals surface area contributed by atoms with E-state index >= 15 is 0 Å². The lowest BCUT2D eigenvalue weighted by molar-refractivity contribution is 0.0787. The van der Waals surface area contributed by atoms with Crippen molar-refractivity contribution in [2.45, 2.75) is 26.9 Å². The second-order valence-electron chi connectivity index (χ2n) is 5.52. The van der Waals surface area contributed by atoms with E-state index in [9.17, 15) is 4.79 Å². The number of halogens is 2. The summed E-state index contributed by atoms with van der Waals surface area (Å²) in [6.07, 6.45) is 0. The minimum absolute atomic E-state index is 0.0225. The number of nitrogens with zero attached hydrogens (tertiary/aromatic N) is 2. The SMILES string of the molecule is CCN1Cc2nc(C)c(CN)c(-c3ccc(Cl)cc3Cl)c2C1=O. The highest BCUT2D eigenvalue weighted by atomic mass is 35.5. The van der Waals surface area contributed by atoms with Crippen LogP contribution in [-0.2, 0) is 13.1 Å². The average molecular weight is 350 g/mol. The van der Waals surface area contributed by atoms with Gasteiger partial charge in [-0.05, 0) is 31.5 Å². The summed E-state index contributed by atoms with van der Waals surface area (Å²) in [5, 5.41) is 1.06. The van der Waals surface area contributed by atoms with Crippen molar-refractivity contribution in [2.75, 3.05) is 6.54 Å². The van der Waals surface area contributed by atoms with Crippen molar-refractivity contribution in [1.29, 1.82) is 0 Å². The first-order valence-corrected chi connectivity index (χ1v) is 8.20. The molecule has 0 saturated heterocycles. The zero-order chi connectivity index (χ0) is 16.7. The molecule has 120 valence electrons. The Kier molecular flexibility index (Phi) is 4.32. The summed E-state index contributed by atoms with van der Waals surface area (Å²) < 4.78 is 0. The van der Waals surface area contributed by atoms with Crippen molar-refractivity contribution >= 4 is 29.1 Å². The Balaban J connectivity index is 2.34. The van der Waals surface area contributed by atoms with Crippen molar-refractivity contribution in [3.63, 3.8) is 0 Å². The first kappa shape index (κ1) is 16.2. The molecular formula is C17H17Cl2N3O. The summed E-state index contributed by atoms with van der Waals surface area (Å²) in [6, 6.07) is 5.28. The Morgan fingerprint density at radius 1 is 1.30 bits per heavy atom. The number of aromatic nitrogens is 1. The molecule has 2 heterocycles. The third-order valence-corrected chi connectivity index (χ3v) is 4.76. The standard InChI is InChI=1S/C17H17Cl2N3O/c1-3-22-8-14-16(17(22)23)15(12(7-20)9(2)21-14)11-5-4-10(18)6-13(11)19/h4-6H,3,7-8,20H2,1-2H3. The Morgan fingerprint density at radius 3 is 2.65 bits per heavy atom. The minimum atomic E-state index is -0.0225. The number of benzene rings is 1. The van der Waals surface area contributed by atoms with Crippen LogP contribution in [-0.4, -0.2) is 22.3 Å². The minimum Gasteiger partial charge on any atom is -0.333 e. The fourth-order valence-corrected chi connectivity index (χ4v) is 3.55. The summed E-state index contributed by atoms with van der Waals surface area (Å²) in [6.45, 7) is 5.32. The van der Waals surface area contributed by atoms with Gasteiger partial charge >= 0.3 is 0 Å². The molecule has 2 N–H and O–H groups in total. The first-order chi connectivity index (χ1) is 11.0. The van der Waals surface area contributed by atoms with Crippen LogP contribution >= 0.6 is 23.2 Å². The molecule has 0 aliphatic carbocycles. The molecule has 0 bridgehead atoms. The molecule has 2 aromatic rings. The lowest BCUT2D eigenvalue weighted by atomic mass is 9.93. The van der Waals surface area contributed by atoms with Crippen LogP contribution in [0.25, 0.3) is 11.1 Å². The molecule has 6 heteroatoms. The first-order valence-electron chi connectivity index (χ1n) is 7.45. The lowest BCUT2D eigenvalue weighted by Gasteiger charge is -2.16. The number of fused-ring (bicyclic) bond motifs is 1. The van der Waals surface area contributed by atoms with E-state index in [0.717, 1.165) is 28.1 Å². The van der Waals surface area contributed by atoms with Gasteiger partial charge in [0.05, 0.1) is 17.8 Å². The maximum Gasteiger partial charge on any atom is 0.256 e. The smallest absolute Gasteiger partial charge is 0.256 e. The molecule has 0 atom stereocenters. The van der Waals surface area contributed by atoms with E-state index in [1.807, 2.05) is 19.9 Å². The molecular weight excluding hydrogens is 333 g/mol. The molecule has 1 aromatic heterocycles. The Morgan fingerprint density at radius 2 is 2.04 bits per heavy atom. The van der Waals surface area contributed by atoms with Gasteiger partial charge in [-0.2, -0.15) is 0 Å². The van der Waals surface area contributed by atoms with E-state index < -0.39 is 0 Å². The zero-order valence-corrected chi connectivity index (χ0v) is 14.5. The molecule has 0 saturated carbocycles. The van der Waals surface area contributed by atoms with Crippen molar-refractivity contribution in [2.24, 2.45) is 5.73 Å². The maximum absolute atomic E-state index is 12.8. The van der Waals surface area contributed by atoms with Crippen LogP contribution in [0.1, 0.15) is 34.2 Å². The Labute approximate surface area is 145 Å². The molecule has 3 rings (SSSR count). The predicted molar refractivity (Wildman–Crippen MR) is 92.7 cm³/mol. The second-order valence-corrected chi connectivity index (χ2v) is 6.36. The topological polar surface area (TPSA) is 59.2 Å². The third-order valence-electron chi connectivity index (χ3n) is 4.21. The molecule has 4 nitrogen and oxygen atoms in total. The summed E-state index contributed by atoms with van der Waals surface area (Å²) in [5.74, 6) is -0.0225. The summed E-state index contributed by atoms with van der Waals surface area (Å²) in [7, 11) is 0. The molecule has 0 fully saturated rings. The third kappa shape index (κ3) is 2.61. The molecule has 1 aliphatic heterocycles. The summed E-state index contributed by atoms with van der Waals surface area (Å²) in [4.78, 5) is 19.1. The highest BCUT2D eigenvalue weighted by molar-refractivity contribution is 6.36. The predicted octanol–water partition coefficient (Wildman–Crippen LogP) is 3.80. The fourth-order valence-electron chi connectivity index (χ4n) is 3.05. The zero-order valence-electron chi connectivity index (χ0n) is 13.0. The molecule has 0 spiro atoms. The van der Waals surface area contributed by atoms with Crippen molar-refractivity contribution in [1.82, 2.24) is 9.88 Å². The molecule has 0 radical (unpaired) electrons. The van der Waals surface area contributed by atoms with Crippen LogP contribution in [0.4, 0.5) is 0 Å². The average Bonchev–Trinajstić information content (AvgIpc) is 2.82. The fraction of sp³-hybridized carbons (Fsp3) is 0.294. The van der Waals surface area contributed by atoms with Gasteiger partial charge in [0.15, 0.2) is 0 Å². The van der Waals surface area contributed by atoms with Crippen LogP contribution in [0, 0.1) is 6.92 Å². The number of hydrogen-bond acceptors (Lipinski definition) is 3. The summed E-state index contributed by atoms with van der Waals surface area (Å²) >= 11 is 12.4. The number of pyridine rings is 1. The molecule has 1 aromatic carbocycles. The van der Waals surface area contributed by atoms with Crippen molar-refractivity contribution in [3.05, 3.63) is 50.8 Å².